The van der Waals surface area contributed by atoms with Gasteiger partial charge in [0, 0.05) is 17.4 Å². The Morgan fingerprint density at radius 2 is 1.78 bits per heavy atom. The zero-order valence-electron chi connectivity index (χ0n) is 9.67. The van der Waals surface area contributed by atoms with Crippen molar-refractivity contribution in [2.45, 2.75) is 0 Å². The van der Waals surface area contributed by atoms with E-state index in [1.54, 1.807) is 12.4 Å². The molecule has 3 aromatic rings. The third-order valence-corrected chi connectivity index (χ3v) is 2.70. The molecule has 0 amide bonds. The maximum absolute atomic E-state index is 5.66. The number of nitrogens with two attached hydrogens (primary N) is 1. The summed E-state index contributed by atoms with van der Waals surface area (Å²) in [5.41, 5.74) is 9.20. The standard InChI is InChI=1S/C14H12N4/c15-11-6-4-10(5-7-11)14-17-9-13(18-14)12-3-1-2-8-16-12/h1-9H,15H2,(H,17,18). The van der Waals surface area contributed by atoms with Crippen molar-refractivity contribution in [1.29, 1.82) is 0 Å². The molecule has 1 aromatic carbocycles. The van der Waals surface area contributed by atoms with Crippen molar-refractivity contribution in [2.24, 2.45) is 0 Å². The van der Waals surface area contributed by atoms with Crippen LogP contribution in [0.15, 0.2) is 54.9 Å². The Labute approximate surface area is 105 Å². The number of nitrogens with one attached hydrogen (secondary N) is 1. The molecule has 0 spiro atoms. The number of rotatable bonds is 2. The molecule has 0 fully saturated rings. The summed E-state index contributed by atoms with van der Waals surface area (Å²) >= 11 is 0. The molecule has 0 saturated carbocycles. The third kappa shape index (κ3) is 1.96. The highest BCUT2D eigenvalue weighted by Gasteiger charge is 2.05. The highest BCUT2D eigenvalue weighted by atomic mass is 14.9. The first-order valence-electron chi connectivity index (χ1n) is 5.65. The van der Waals surface area contributed by atoms with E-state index in [0.717, 1.165) is 28.5 Å². The van der Waals surface area contributed by atoms with Gasteiger partial charge in [0.2, 0.25) is 0 Å². The second kappa shape index (κ2) is 4.33. The number of aromatic nitrogens is 3. The third-order valence-electron chi connectivity index (χ3n) is 2.70. The molecule has 18 heavy (non-hydrogen) atoms. The molecule has 2 heterocycles. The van der Waals surface area contributed by atoms with Crippen LogP contribution in [0.5, 0.6) is 0 Å². The van der Waals surface area contributed by atoms with E-state index in [0.29, 0.717) is 0 Å². The van der Waals surface area contributed by atoms with Crippen LogP contribution in [0.1, 0.15) is 0 Å². The van der Waals surface area contributed by atoms with E-state index in [9.17, 15) is 0 Å². The monoisotopic (exact) mass is 236 g/mol. The van der Waals surface area contributed by atoms with E-state index in [2.05, 4.69) is 15.0 Å². The van der Waals surface area contributed by atoms with Gasteiger partial charge in [0.15, 0.2) is 0 Å². The number of imidazole rings is 1. The second-order valence-corrected chi connectivity index (χ2v) is 3.98. The number of hydrogen-bond acceptors (Lipinski definition) is 3. The molecule has 0 atom stereocenters. The van der Waals surface area contributed by atoms with Crippen LogP contribution in [0.2, 0.25) is 0 Å². The van der Waals surface area contributed by atoms with Crippen molar-refractivity contribution < 1.29 is 0 Å². The number of nitrogen functional groups attached to an aromatic ring is 1. The number of benzene rings is 1. The molecule has 0 radical (unpaired) electrons. The number of hydrogen-bond donors (Lipinski definition) is 2. The molecule has 0 aliphatic heterocycles. The van der Waals surface area contributed by atoms with Gasteiger partial charge in [-0.3, -0.25) is 4.98 Å². The van der Waals surface area contributed by atoms with E-state index in [4.69, 9.17) is 5.73 Å². The summed E-state index contributed by atoms with van der Waals surface area (Å²) < 4.78 is 0. The Balaban J connectivity index is 1.97. The molecule has 3 rings (SSSR count). The zero-order chi connectivity index (χ0) is 12.4. The zero-order valence-corrected chi connectivity index (χ0v) is 9.67. The lowest BCUT2D eigenvalue weighted by molar-refractivity contribution is 1.27. The summed E-state index contributed by atoms with van der Waals surface area (Å²) in [6.07, 6.45) is 3.55. The fourth-order valence-corrected chi connectivity index (χ4v) is 1.76. The molecule has 0 saturated heterocycles. The number of H-pyrrole nitrogens is 1. The summed E-state index contributed by atoms with van der Waals surface area (Å²) in [4.78, 5) is 11.9. The van der Waals surface area contributed by atoms with Crippen molar-refractivity contribution in [3.05, 3.63) is 54.9 Å². The van der Waals surface area contributed by atoms with Crippen LogP contribution in [0.4, 0.5) is 5.69 Å². The van der Waals surface area contributed by atoms with E-state index < -0.39 is 0 Å². The average Bonchev–Trinajstić information content (AvgIpc) is 2.90. The first kappa shape index (κ1) is 10.5. The molecule has 0 unspecified atom stereocenters. The van der Waals surface area contributed by atoms with Gasteiger partial charge in [0.1, 0.15) is 5.82 Å². The lowest BCUT2D eigenvalue weighted by Crippen LogP contribution is -1.85. The van der Waals surface area contributed by atoms with Gasteiger partial charge in [0.25, 0.3) is 0 Å². The quantitative estimate of drug-likeness (QED) is 0.672. The minimum absolute atomic E-state index is 0.746. The van der Waals surface area contributed by atoms with E-state index in [1.165, 1.54) is 0 Å². The molecule has 4 heteroatoms. The Morgan fingerprint density at radius 1 is 0.944 bits per heavy atom. The molecule has 3 N–H and O–H groups in total. The van der Waals surface area contributed by atoms with Crippen LogP contribution < -0.4 is 5.73 Å². The fraction of sp³-hybridized carbons (Fsp3) is 0. The molecule has 2 aromatic heterocycles. The SMILES string of the molecule is Nc1ccc(-c2ncc(-c3ccccn3)[nH]2)cc1. The molecular formula is C14H12N4. The van der Waals surface area contributed by atoms with Crippen LogP contribution in [-0.2, 0) is 0 Å². The highest BCUT2D eigenvalue weighted by molar-refractivity contribution is 5.63. The van der Waals surface area contributed by atoms with Crippen molar-refractivity contribution in [1.82, 2.24) is 15.0 Å². The maximum Gasteiger partial charge on any atom is 0.137 e. The Kier molecular flexibility index (Phi) is 2.53. The predicted molar refractivity (Wildman–Crippen MR) is 71.7 cm³/mol. The van der Waals surface area contributed by atoms with Crippen LogP contribution in [0.3, 0.4) is 0 Å². The second-order valence-electron chi connectivity index (χ2n) is 3.98. The van der Waals surface area contributed by atoms with E-state index in [-0.39, 0.29) is 0 Å². The summed E-state index contributed by atoms with van der Waals surface area (Å²) in [7, 11) is 0. The van der Waals surface area contributed by atoms with Gasteiger partial charge >= 0.3 is 0 Å². The lowest BCUT2D eigenvalue weighted by Gasteiger charge is -1.98. The van der Waals surface area contributed by atoms with Crippen LogP contribution >= 0.6 is 0 Å². The van der Waals surface area contributed by atoms with Crippen molar-refractivity contribution in [2.75, 3.05) is 5.73 Å². The van der Waals surface area contributed by atoms with Crippen LogP contribution in [0, 0.1) is 0 Å². The van der Waals surface area contributed by atoms with Gasteiger partial charge in [-0.05, 0) is 36.4 Å². The van der Waals surface area contributed by atoms with Crippen LogP contribution in [0.25, 0.3) is 22.8 Å². The number of aromatic amines is 1. The molecule has 0 aliphatic rings. The minimum atomic E-state index is 0.746. The smallest absolute Gasteiger partial charge is 0.137 e. The lowest BCUT2D eigenvalue weighted by atomic mass is 10.2. The topological polar surface area (TPSA) is 67.6 Å². The first-order valence-corrected chi connectivity index (χ1v) is 5.65. The predicted octanol–water partition coefficient (Wildman–Crippen LogP) is 2.72. The largest absolute Gasteiger partial charge is 0.399 e. The number of nitrogens with zero attached hydrogens (tertiary/aromatic N) is 2. The Hall–Kier alpha value is -2.62. The van der Waals surface area contributed by atoms with Gasteiger partial charge in [-0.2, -0.15) is 0 Å². The molecule has 88 valence electrons. The molecular weight excluding hydrogens is 224 g/mol. The minimum Gasteiger partial charge on any atom is -0.399 e. The molecule has 4 nitrogen and oxygen atoms in total. The summed E-state index contributed by atoms with van der Waals surface area (Å²) in [5.74, 6) is 0.815. The summed E-state index contributed by atoms with van der Waals surface area (Å²) in [6.45, 7) is 0. The van der Waals surface area contributed by atoms with Gasteiger partial charge in [-0.1, -0.05) is 6.07 Å². The maximum atomic E-state index is 5.66. The average molecular weight is 236 g/mol. The van der Waals surface area contributed by atoms with Crippen molar-refractivity contribution in [3.8, 4) is 22.8 Å². The van der Waals surface area contributed by atoms with Gasteiger partial charge < -0.3 is 10.7 Å². The van der Waals surface area contributed by atoms with Crippen molar-refractivity contribution in [3.63, 3.8) is 0 Å². The van der Waals surface area contributed by atoms with E-state index >= 15 is 0 Å². The number of pyridine rings is 1. The number of anilines is 1. The van der Waals surface area contributed by atoms with E-state index in [1.807, 2.05) is 42.5 Å². The molecule has 0 aliphatic carbocycles. The Bertz CT molecular complexity index is 641. The van der Waals surface area contributed by atoms with Gasteiger partial charge in [-0.15, -0.1) is 0 Å². The van der Waals surface area contributed by atoms with Gasteiger partial charge in [-0.25, -0.2) is 4.98 Å². The first-order chi connectivity index (χ1) is 8.83. The Morgan fingerprint density at radius 3 is 2.50 bits per heavy atom. The van der Waals surface area contributed by atoms with Gasteiger partial charge in [0.05, 0.1) is 17.6 Å². The highest BCUT2D eigenvalue weighted by Crippen LogP contribution is 2.21. The van der Waals surface area contributed by atoms with Crippen molar-refractivity contribution >= 4 is 5.69 Å². The summed E-state index contributed by atoms with van der Waals surface area (Å²) in [6, 6.07) is 13.4. The fourth-order valence-electron chi connectivity index (χ4n) is 1.76. The molecule has 0 bridgehead atoms. The summed E-state index contributed by atoms with van der Waals surface area (Å²) in [5, 5.41) is 0. The van der Waals surface area contributed by atoms with Crippen LogP contribution in [-0.4, -0.2) is 15.0 Å². The normalized spacial score (nSPS) is 10.4.